The Morgan fingerprint density at radius 3 is 2.56 bits per heavy atom. The lowest BCUT2D eigenvalue weighted by molar-refractivity contribution is -0.380. The number of thiophene rings is 1. The number of hydrogen-bond acceptors (Lipinski definition) is 10. The molecule has 1 saturated heterocycles. The lowest BCUT2D eigenvalue weighted by atomic mass is 10.3. The minimum atomic E-state index is -0.493. The summed E-state index contributed by atoms with van der Waals surface area (Å²) in [5.41, 5.74) is 0.605. The third-order valence-corrected chi connectivity index (χ3v) is 7.22. The van der Waals surface area contributed by atoms with E-state index >= 15 is 0 Å². The maximum Gasteiger partial charge on any atom is 0.324 e. The lowest BCUT2D eigenvalue weighted by Gasteiger charge is -2.29. The Morgan fingerprint density at radius 2 is 1.91 bits per heavy atom. The first-order valence-corrected chi connectivity index (χ1v) is 11.5. The standard InChI is InChI=1S/C20H22N4O6S2/c1-28-13-3-4-14(29-2)18-17(13)21-20(32-18)23(8-7-22-9-11-30-12-10-22)19(25)15-5-6-16(31-15)24(26)27/h3-6H,7-12H2,1-2H3. The van der Waals surface area contributed by atoms with E-state index in [-0.39, 0.29) is 15.8 Å². The molecule has 1 aliphatic rings. The number of carbonyl (C=O) groups excluding carboxylic acids is 1. The first-order valence-electron chi connectivity index (χ1n) is 9.89. The molecule has 0 atom stereocenters. The summed E-state index contributed by atoms with van der Waals surface area (Å²) in [5.74, 6) is 0.890. The molecular weight excluding hydrogens is 456 g/mol. The quantitative estimate of drug-likeness (QED) is 0.359. The second-order valence-electron chi connectivity index (χ2n) is 6.95. The van der Waals surface area contributed by atoms with Crippen molar-refractivity contribution in [2.45, 2.75) is 0 Å². The van der Waals surface area contributed by atoms with Crippen molar-refractivity contribution in [3.8, 4) is 11.5 Å². The maximum absolute atomic E-state index is 13.4. The number of amides is 1. The number of carbonyl (C=O) groups is 1. The minimum Gasteiger partial charge on any atom is -0.495 e. The van der Waals surface area contributed by atoms with Crippen LogP contribution in [0.2, 0.25) is 0 Å². The Labute approximate surface area is 192 Å². The molecule has 0 aliphatic carbocycles. The molecule has 4 rings (SSSR count). The number of nitrogens with zero attached hydrogens (tertiary/aromatic N) is 4. The van der Waals surface area contributed by atoms with Crippen LogP contribution < -0.4 is 14.4 Å². The van der Waals surface area contributed by atoms with E-state index in [0.29, 0.717) is 48.5 Å². The number of anilines is 1. The summed E-state index contributed by atoms with van der Waals surface area (Å²) in [5, 5.41) is 11.5. The predicted octanol–water partition coefficient (Wildman–Crippen LogP) is 3.26. The van der Waals surface area contributed by atoms with Crippen molar-refractivity contribution in [1.29, 1.82) is 0 Å². The van der Waals surface area contributed by atoms with E-state index in [1.807, 2.05) is 0 Å². The number of rotatable bonds is 8. The molecule has 0 bridgehead atoms. The highest BCUT2D eigenvalue weighted by molar-refractivity contribution is 7.23. The SMILES string of the molecule is COc1ccc(OC)c2sc(N(CCN3CCOCC3)C(=O)c3ccc([N+](=O)[O-])s3)nc12. The second-order valence-corrected chi connectivity index (χ2v) is 8.99. The fourth-order valence-electron chi connectivity index (χ4n) is 3.41. The number of nitro groups is 1. The molecular formula is C20H22N4O6S2. The summed E-state index contributed by atoms with van der Waals surface area (Å²) in [6.45, 7) is 3.89. The average molecular weight is 479 g/mol. The van der Waals surface area contributed by atoms with Crippen molar-refractivity contribution in [1.82, 2.24) is 9.88 Å². The first kappa shape index (κ1) is 22.4. The number of morpholine rings is 1. The Morgan fingerprint density at radius 1 is 1.19 bits per heavy atom. The largest absolute Gasteiger partial charge is 0.495 e. The van der Waals surface area contributed by atoms with Crippen molar-refractivity contribution >= 4 is 48.9 Å². The van der Waals surface area contributed by atoms with Crippen LogP contribution in [0, 0.1) is 10.1 Å². The normalized spacial score (nSPS) is 14.4. The fraction of sp³-hybridized carbons (Fsp3) is 0.400. The number of methoxy groups -OCH3 is 2. The van der Waals surface area contributed by atoms with Gasteiger partial charge in [0.2, 0.25) is 0 Å². The first-order chi connectivity index (χ1) is 15.5. The molecule has 1 aliphatic heterocycles. The Kier molecular flexibility index (Phi) is 6.84. The molecule has 3 aromatic rings. The lowest BCUT2D eigenvalue weighted by Crippen LogP contribution is -2.43. The van der Waals surface area contributed by atoms with E-state index in [1.165, 1.54) is 23.5 Å². The Hall–Kier alpha value is -2.80. The summed E-state index contributed by atoms with van der Waals surface area (Å²) < 4.78 is 17.1. The second kappa shape index (κ2) is 9.77. The van der Waals surface area contributed by atoms with Crippen LogP contribution >= 0.6 is 22.7 Å². The van der Waals surface area contributed by atoms with E-state index in [4.69, 9.17) is 19.2 Å². The van der Waals surface area contributed by atoms with Gasteiger partial charge in [-0.05, 0) is 18.2 Å². The van der Waals surface area contributed by atoms with Gasteiger partial charge in [-0.25, -0.2) is 4.98 Å². The van der Waals surface area contributed by atoms with Crippen molar-refractivity contribution in [3.05, 3.63) is 39.3 Å². The molecule has 0 radical (unpaired) electrons. The van der Waals surface area contributed by atoms with Gasteiger partial charge in [0.1, 0.15) is 21.7 Å². The highest BCUT2D eigenvalue weighted by Crippen LogP contribution is 2.40. The van der Waals surface area contributed by atoms with E-state index in [0.717, 1.165) is 29.1 Å². The van der Waals surface area contributed by atoms with Gasteiger partial charge in [0.15, 0.2) is 5.13 Å². The molecule has 10 nitrogen and oxygen atoms in total. The van der Waals surface area contributed by atoms with Crippen molar-refractivity contribution < 1.29 is 23.9 Å². The number of fused-ring (bicyclic) bond motifs is 1. The monoisotopic (exact) mass is 478 g/mol. The zero-order chi connectivity index (χ0) is 22.7. The number of thiazole rings is 1. The Balaban J connectivity index is 1.70. The zero-order valence-corrected chi connectivity index (χ0v) is 19.2. The predicted molar refractivity (Wildman–Crippen MR) is 123 cm³/mol. The number of hydrogen-bond donors (Lipinski definition) is 0. The summed E-state index contributed by atoms with van der Waals surface area (Å²) in [7, 11) is 3.14. The molecule has 32 heavy (non-hydrogen) atoms. The molecule has 1 amide bonds. The molecule has 3 heterocycles. The number of ether oxygens (including phenoxy) is 3. The topological polar surface area (TPSA) is 107 Å². The van der Waals surface area contributed by atoms with Crippen LogP contribution in [0.1, 0.15) is 9.67 Å². The smallest absolute Gasteiger partial charge is 0.324 e. The van der Waals surface area contributed by atoms with Crippen LogP contribution in [0.15, 0.2) is 24.3 Å². The number of benzene rings is 1. The van der Waals surface area contributed by atoms with Gasteiger partial charge in [0, 0.05) is 32.2 Å². The molecule has 1 aromatic carbocycles. The van der Waals surface area contributed by atoms with Crippen LogP contribution in [0.25, 0.3) is 10.2 Å². The molecule has 0 N–H and O–H groups in total. The summed E-state index contributed by atoms with van der Waals surface area (Å²) in [6, 6.07) is 6.41. The van der Waals surface area contributed by atoms with Gasteiger partial charge in [0.05, 0.1) is 37.2 Å². The third-order valence-electron chi connectivity index (χ3n) is 5.10. The van der Waals surface area contributed by atoms with Gasteiger partial charge in [0.25, 0.3) is 5.91 Å². The fourth-order valence-corrected chi connectivity index (χ4v) is 5.28. The van der Waals surface area contributed by atoms with E-state index in [9.17, 15) is 14.9 Å². The van der Waals surface area contributed by atoms with Gasteiger partial charge < -0.3 is 14.2 Å². The molecule has 1 fully saturated rings. The number of aromatic nitrogens is 1. The van der Waals surface area contributed by atoms with Gasteiger partial charge >= 0.3 is 5.00 Å². The molecule has 0 unspecified atom stereocenters. The van der Waals surface area contributed by atoms with E-state index < -0.39 is 4.92 Å². The highest BCUT2D eigenvalue weighted by Gasteiger charge is 2.27. The summed E-state index contributed by atoms with van der Waals surface area (Å²) >= 11 is 2.18. The molecule has 12 heteroatoms. The summed E-state index contributed by atoms with van der Waals surface area (Å²) in [6.07, 6.45) is 0. The van der Waals surface area contributed by atoms with E-state index in [2.05, 4.69) is 4.90 Å². The van der Waals surface area contributed by atoms with Gasteiger partial charge in [-0.3, -0.25) is 24.7 Å². The molecule has 170 valence electrons. The molecule has 0 spiro atoms. The van der Waals surface area contributed by atoms with Gasteiger partial charge in [-0.15, -0.1) is 0 Å². The van der Waals surface area contributed by atoms with Gasteiger partial charge in [-0.1, -0.05) is 22.7 Å². The van der Waals surface area contributed by atoms with Crippen LogP contribution in [-0.2, 0) is 4.74 Å². The van der Waals surface area contributed by atoms with Crippen LogP contribution in [0.4, 0.5) is 10.1 Å². The van der Waals surface area contributed by atoms with Crippen molar-refractivity contribution in [3.63, 3.8) is 0 Å². The highest BCUT2D eigenvalue weighted by atomic mass is 32.1. The summed E-state index contributed by atoms with van der Waals surface area (Å²) in [4.78, 5) is 32.8. The third kappa shape index (κ3) is 4.53. The van der Waals surface area contributed by atoms with Crippen molar-refractivity contribution in [2.24, 2.45) is 0 Å². The van der Waals surface area contributed by atoms with Crippen LogP contribution in [0.5, 0.6) is 11.5 Å². The van der Waals surface area contributed by atoms with Crippen LogP contribution in [0.3, 0.4) is 0 Å². The minimum absolute atomic E-state index is 0.0749. The molecule has 2 aromatic heterocycles. The average Bonchev–Trinajstić information content (AvgIpc) is 3.47. The zero-order valence-electron chi connectivity index (χ0n) is 17.6. The Bertz CT molecular complexity index is 1080. The van der Waals surface area contributed by atoms with Crippen molar-refractivity contribution in [2.75, 3.05) is 58.5 Å². The van der Waals surface area contributed by atoms with Crippen LogP contribution in [-0.4, -0.2) is 74.3 Å². The van der Waals surface area contributed by atoms with E-state index in [1.54, 1.807) is 31.3 Å². The maximum atomic E-state index is 13.4. The van der Waals surface area contributed by atoms with Gasteiger partial charge in [-0.2, -0.15) is 0 Å². The molecule has 0 saturated carbocycles.